The van der Waals surface area contributed by atoms with Crippen LogP contribution in [-0.4, -0.2) is 52.9 Å². The van der Waals surface area contributed by atoms with Gasteiger partial charge in [0.1, 0.15) is 5.60 Å². The Hall–Kier alpha value is -2.54. The number of hydrogen-bond acceptors (Lipinski definition) is 6. The van der Waals surface area contributed by atoms with Crippen molar-refractivity contribution in [2.24, 2.45) is 5.92 Å². The van der Waals surface area contributed by atoms with Crippen LogP contribution in [0.3, 0.4) is 0 Å². The minimum atomic E-state index is -0.0574. The van der Waals surface area contributed by atoms with E-state index >= 15 is 0 Å². The van der Waals surface area contributed by atoms with Crippen LogP contribution in [0, 0.1) is 12.8 Å². The quantitative estimate of drug-likeness (QED) is 0.899. The number of aryl methyl sites for hydroxylation is 1. The first kappa shape index (κ1) is 16.9. The van der Waals surface area contributed by atoms with Crippen LogP contribution >= 0.6 is 0 Å². The van der Waals surface area contributed by atoms with Gasteiger partial charge in [-0.05, 0) is 49.9 Å². The summed E-state index contributed by atoms with van der Waals surface area (Å²) < 4.78 is 6.18. The van der Waals surface area contributed by atoms with E-state index in [1.165, 1.54) is 0 Å². The zero-order valence-corrected chi connectivity index (χ0v) is 14.9. The van der Waals surface area contributed by atoms with Crippen molar-refractivity contribution < 1.29 is 9.53 Å². The van der Waals surface area contributed by atoms with Gasteiger partial charge in [0.05, 0.1) is 25.4 Å². The maximum absolute atomic E-state index is 12.1. The van der Waals surface area contributed by atoms with Crippen LogP contribution in [0.25, 0.3) is 0 Å². The molecule has 1 unspecified atom stereocenters. The van der Waals surface area contributed by atoms with Gasteiger partial charge in [0, 0.05) is 24.5 Å². The molecule has 0 aromatic carbocycles. The summed E-state index contributed by atoms with van der Waals surface area (Å²) in [5.74, 6) is 1.22. The molecule has 1 spiro atoms. The number of carbonyl (C=O) groups excluding carboxylic acids is 1. The van der Waals surface area contributed by atoms with Crippen LogP contribution in [0.4, 0.5) is 5.82 Å². The van der Waals surface area contributed by atoms with E-state index in [2.05, 4.69) is 25.4 Å². The zero-order valence-electron chi connectivity index (χ0n) is 14.9. The van der Waals surface area contributed by atoms with Crippen molar-refractivity contribution in [3.8, 4) is 0 Å². The average Bonchev–Trinajstić information content (AvgIpc) is 2.66. The molecule has 2 saturated heterocycles. The molecule has 0 radical (unpaired) electrons. The third-order valence-corrected chi connectivity index (χ3v) is 5.19. The molecule has 7 nitrogen and oxygen atoms in total. The molecule has 1 atom stereocenters. The minimum Gasteiger partial charge on any atom is -0.371 e. The number of rotatable bonds is 4. The van der Waals surface area contributed by atoms with Gasteiger partial charge >= 0.3 is 0 Å². The van der Waals surface area contributed by atoms with Gasteiger partial charge in [-0.2, -0.15) is 5.10 Å². The van der Waals surface area contributed by atoms with E-state index in [1.54, 1.807) is 24.5 Å². The van der Waals surface area contributed by atoms with Crippen molar-refractivity contribution in [1.82, 2.24) is 20.5 Å². The van der Waals surface area contributed by atoms with Crippen molar-refractivity contribution in [2.75, 3.05) is 31.1 Å². The van der Waals surface area contributed by atoms with Gasteiger partial charge < -0.3 is 15.0 Å². The average molecular weight is 353 g/mol. The molecule has 0 saturated carbocycles. The molecule has 2 aromatic rings. The molecular weight excluding hydrogens is 330 g/mol. The number of pyridine rings is 1. The first-order valence-corrected chi connectivity index (χ1v) is 9.01. The molecule has 136 valence electrons. The van der Waals surface area contributed by atoms with Crippen molar-refractivity contribution >= 4 is 11.7 Å². The topological polar surface area (TPSA) is 80.2 Å². The lowest BCUT2D eigenvalue weighted by molar-refractivity contribution is -0.115. The van der Waals surface area contributed by atoms with Crippen LogP contribution in [0.15, 0.2) is 36.7 Å². The molecule has 4 rings (SSSR count). The lowest BCUT2D eigenvalue weighted by atomic mass is 9.83. The number of carbonyl (C=O) groups is 1. The van der Waals surface area contributed by atoms with Crippen molar-refractivity contribution in [2.45, 2.75) is 25.4 Å². The highest BCUT2D eigenvalue weighted by atomic mass is 16.5. The molecular formula is C19H23N5O2. The van der Waals surface area contributed by atoms with Crippen LogP contribution in [-0.2, 0) is 4.74 Å². The Balaban J connectivity index is 1.22. The van der Waals surface area contributed by atoms with Gasteiger partial charge in [0.2, 0.25) is 0 Å². The van der Waals surface area contributed by atoms with Crippen molar-refractivity contribution in [3.05, 3.63) is 47.9 Å². The second kappa shape index (κ2) is 6.99. The highest BCUT2D eigenvalue weighted by molar-refractivity contribution is 5.93. The monoisotopic (exact) mass is 353 g/mol. The van der Waals surface area contributed by atoms with Gasteiger partial charge in [-0.25, -0.2) is 0 Å². The van der Waals surface area contributed by atoms with Crippen LogP contribution < -0.4 is 10.2 Å². The summed E-state index contributed by atoms with van der Waals surface area (Å²) in [4.78, 5) is 18.2. The molecule has 7 heteroatoms. The molecule has 1 amide bonds. The normalized spacial score (nSPS) is 21.3. The molecule has 26 heavy (non-hydrogen) atoms. The van der Waals surface area contributed by atoms with E-state index in [4.69, 9.17) is 4.74 Å². The molecule has 0 bridgehead atoms. The van der Waals surface area contributed by atoms with E-state index in [0.29, 0.717) is 24.6 Å². The smallest absolute Gasteiger partial charge is 0.251 e. The van der Waals surface area contributed by atoms with E-state index in [9.17, 15) is 4.79 Å². The van der Waals surface area contributed by atoms with E-state index in [1.807, 2.05) is 19.1 Å². The van der Waals surface area contributed by atoms with Crippen molar-refractivity contribution in [1.29, 1.82) is 0 Å². The van der Waals surface area contributed by atoms with Crippen LogP contribution in [0.1, 0.15) is 28.9 Å². The van der Waals surface area contributed by atoms with Gasteiger partial charge in [0.25, 0.3) is 5.91 Å². The summed E-state index contributed by atoms with van der Waals surface area (Å²) in [5.41, 5.74) is 1.51. The summed E-state index contributed by atoms with van der Waals surface area (Å²) in [6, 6.07) is 7.43. The van der Waals surface area contributed by atoms with Gasteiger partial charge in [-0.1, -0.05) is 0 Å². The number of anilines is 1. The summed E-state index contributed by atoms with van der Waals surface area (Å²) in [5, 5.41) is 11.4. The highest BCUT2D eigenvalue weighted by Gasteiger charge is 2.47. The molecule has 2 aliphatic rings. The van der Waals surface area contributed by atoms with E-state index < -0.39 is 0 Å². The first-order valence-electron chi connectivity index (χ1n) is 9.01. The third kappa shape index (κ3) is 3.53. The predicted octanol–water partition coefficient (Wildman–Crippen LogP) is 1.60. The predicted molar refractivity (Wildman–Crippen MR) is 97.0 cm³/mol. The number of ether oxygens (including phenoxy) is 1. The Morgan fingerprint density at radius 2 is 2.08 bits per heavy atom. The van der Waals surface area contributed by atoms with E-state index in [-0.39, 0.29) is 11.5 Å². The Morgan fingerprint density at radius 1 is 1.27 bits per heavy atom. The number of nitrogens with zero attached hydrogens (tertiary/aromatic N) is 4. The van der Waals surface area contributed by atoms with Crippen LogP contribution in [0.5, 0.6) is 0 Å². The maximum atomic E-state index is 12.1. The molecule has 0 aliphatic carbocycles. The molecule has 4 heterocycles. The van der Waals surface area contributed by atoms with Gasteiger partial charge in [0.15, 0.2) is 5.82 Å². The Kier molecular flexibility index (Phi) is 4.55. The number of hydrogen-bond donors (Lipinski definition) is 1. The first-order chi connectivity index (χ1) is 12.6. The largest absolute Gasteiger partial charge is 0.371 e. The van der Waals surface area contributed by atoms with Gasteiger partial charge in [-0.15, -0.1) is 5.10 Å². The standard InChI is InChI=1S/C19H23N5O2/c1-14-2-3-17(23-22-14)24-12-19(13-24)7-4-15(11-26-19)10-21-18(25)16-5-8-20-9-6-16/h2-3,5-6,8-9,15H,4,7,10-13H2,1H3,(H,21,25). The summed E-state index contributed by atoms with van der Waals surface area (Å²) >= 11 is 0. The zero-order chi connectivity index (χ0) is 18.0. The minimum absolute atomic E-state index is 0.0551. The van der Waals surface area contributed by atoms with Crippen molar-refractivity contribution in [3.63, 3.8) is 0 Å². The molecule has 2 aromatic heterocycles. The molecule has 1 N–H and O–H groups in total. The van der Waals surface area contributed by atoms with E-state index in [0.717, 1.165) is 37.4 Å². The Morgan fingerprint density at radius 3 is 2.73 bits per heavy atom. The fourth-order valence-corrected chi connectivity index (χ4v) is 3.54. The fraction of sp³-hybridized carbons (Fsp3) is 0.474. The number of aromatic nitrogens is 3. The molecule has 2 aliphatic heterocycles. The number of nitrogens with one attached hydrogen (secondary N) is 1. The second-order valence-electron chi connectivity index (χ2n) is 7.23. The Labute approximate surface area is 152 Å². The van der Waals surface area contributed by atoms with Crippen LogP contribution in [0.2, 0.25) is 0 Å². The van der Waals surface area contributed by atoms with Gasteiger partial charge in [-0.3, -0.25) is 9.78 Å². The SMILES string of the molecule is Cc1ccc(N2CC3(CCC(CNC(=O)c4ccncc4)CO3)C2)nn1. The molecule has 2 fully saturated rings. The third-order valence-electron chi connectivity index (χ3n) is 5.19. The second-order valence-corrected chi connectivity index (χ2v) is 7.23. The summed E-state index contributed by atoms with van der Waals surface area (Å²) in [7, 11) is 0. The number of amides is 1. The lowest BCUT2D eigenvalue weighted by Gasteiger charge is -2.53. The lowest BCUT2D eigenvalue weighted by Crippen LogP contribution is -2.65. The summed E-state index contributed by atoms with van der Waals surface area (Å²) in [6.45, 7) is 4.99. The highest BCUT2D eigenvalue weighted by Crippen LogP contribution is 2.37. The Bertz CT molecular complexity index is 749. The summed E-state index contributed by atoms with van der Waals surface area (Å²) in [6.07, 6.45) is 5.33. The maximum Gasteiger partial charge on any atom is 0.251 e. The fourth-order valence-electron chi connectivity index (χ4n) is 3.54.